The normalized spacial score (nSPS) is 22.4. The summed E-state index contributed by atoms with van der Waals surface area (Å²) in [4.78, 5) is 11.7. The molecule has 1 aliphatic carbocycles. The molecule has 4 heteroatoms. The molecule has 1 heterocycles. The van der Waals surface area contributed by atoms with Gasteiger partial charge in [-0.15, -0.1) is 0 Å². The van der Waals surface area contributed by atoms with Crippen LogP contribution < -0.4 is 5.32 Å². The molecule has 1 aromatic rings. The first kappa shape index (κ1) is 15.8. The molecule has 4 nitrogen and oxygen atoms in total. The van der Waals surface area contributed by atoms with Gasteiger partial charge >= 0.3 is 0 Å². The second-order valence-corrected chi connectivity index (χ2v) is 5.92. The summed E-state index contributed by atoms with van der Waals surface area (Å²) in [6, 6.07) is 3.91. The van der Waals surface area contributed by atoms with Crippen molar-refractivity contribution in [3.8, 4) is 0 Å². The highest BCUT2D eigenvalue weighted by Gasteiger charge is 2.36. The zero-order valence-electron chi connectivity index (χ0n) is 12.8. The highest BCUT2D eigenvalue weighted by atomic mass is 16.3. The van der Waals surface area contributed by atoms with E-state index in [9.17, 15) is 4.79 Å². The minimum absolute atomic E-state index is 0.121. The van der Waals surface area contributed by atoms with Gasteiger partial charge in [0.2, 0.25) is 5.91 Å². The lowest BCUT2D eigenvalue weighted by Gasteiger charge is -2.13. The van der Waals surface area contributed by atoms with Crippen LogP contribution in [0.25, 0.3) is 6.08 Å². The zero-order valence-corrected chi connectivity index (χ0v) is 12.8. The van der Waals surface area contributed by atoms with Gasteiger partial charge in [-0.1, -0.05) is 20.3 Å². The Hall–Kier alpha value is -1.55. The number of furan rings is 1. The van der Waals surface area contributed by atoms with E-state index in [1.807, 2.05) is 12.1 Å². The molecule has 0 aliphatic heterocycles. The number of aliphatic hydroxyl groups excluding tert-OH is 1. The lowest BCUT2D eigenvalue weighted by Crippen LogP contribution is -2.28. The van der Waals surface area contributed by atoms with Crippen molar-refractivity contribution in [2.45, 2.75) is 39.0 Å². The van der Waals surface area contributed by atoms with E-state index >= 15 is 0 Å². The van der Waals surface area contributed by atoms with Gasteiger partial charge in [0.1, 0.15) is 11.5 Å². The predicted octanol–water partition coefficient (Wildman–Crippen LogP) is 2.94. The third-order valence-electron chi connectivity index (χ3n) is 4.20. The van der Waals surface area contributed by atoms with Crippen LogP contribution in [-0.2, 0) is 4.79 Å². The fourth-order valence-electron chi connectivity index (χ4n) is 2.47. The first-order valence-electron chi connectivity index (χ1n) is 7.80. The summed E-state index contributed by atoms with van der Waals surface area (Å²) in [5.74, 6) is 3.24. The van der Waals surface area contributed by atoms with Crippen molar-refractivity contribution in [1.82, 2.24) is 5.32 Å². The number of hydrogen-bond donors (Lipinski definition) is 2. The van der Waals surface area contributed by atoms with E-state index in [0.29, 0.717) is 24.3 Å². The number of rotatable bonds is 8. The maximum Gasteiger partial charge on any atom is 0.244 e. The first-order chi connectivity index (χ1) is 10.1. The van der Waals surface area contributed by atoms with Crippen LogP contribution in [0.5, 0.6) is 0 Å². The third kappa shape index (κ3) is 4.74. The highest BCUT2D eigenvalue weighted by molar-refractivity contribution is 5.91. The predicted molar refractivity (Wildman–Crippen MR) is 82.8 cm³/mol. The molecular weight excluding hydrogens is 266 g/mol. The van der Waals surface area contributed by atoms with Crippen LogP contribution in [0.4, 0.5) is 0 Å². The Morgan fingerprint density at radius 3 is 2.95 bits per heavy atom. The fraction of sp³-hybridized carbons (Fsp3) is 0.588. The monoisotopic (exact) mass is 291 g/mol. The Labute approximate surface area is 126 Å². The molecule has 3 atom stereocenters. The third-order valence-corrected chi connectivity index (χ3v) is 4.20. The van der Waals surface area contributed by atoms with Gasteiger partial charge in [0.05, 0.1) is 0 Å². The second kappa shape index (κ2) is 7.46. The van der Waals surface area contributed by atoms with Crippen LogP contribution >= 0.6 is 0 Å². The van der Waals surface area contributed by atoms with Crippen LogP contribution in [0.15, 0.2) is 22.6 Å². The van der Waals surface area contributed by atoms with Crippen LogP contribution in [-0.4, -0.2) is 24.2 Å². The standard InChI is InChI=1S/C17H25NO3/c1-3-13(8-9-19)11-18-17(20)7-5-14-4-6-16(21-14)15-10-12(15)2/h4-7,12-13,15,19H,3,8-11H2,1-2H3,(H,18,20)/b7-5+. The number of hydrogen-bond acceptors (Lipinski definition) is 3. The van der Waals surface area contributed by atoms with E-state index in [1.54, 1.807) is 6.08 Å². The molecule has 1 aliphatic rings. The SMILES string of the molecule is CCC(CCO)CNC(=O)/C=C/c1ccc(C2CC2C)o1. The summed E-state index contributed by atoms with van der Waals surface area (Å²) in [5, 5.41) is 11.8. The van der Waals surface area contributed by atoms with Crippen LogP contribution in [0.1, 0.15) is 50.5 Å². The van der Waals surface area contributed by atoms with Crippen LogP contribution in [0.2, 0.25) is 0 Å². The van der Waals surface area contributed by atoms with Gasteiger partial charge in [-0.3, -0.25) is 4.79 Å². The molecule has 1 aromatic heterocycles. The van der Waals surface area contributed by atoms with Gasteiger partial charge in [0, 0.05) is 25.1 Å². The zero-order chi connectivity index (χ0) is 15.2. The van der Waals surface area contributed by atoms with E-state index in [0.717, 1.165) is 24.4 Å². The van der Waals surface area contributed by atoms with Crippen molar-refractivity contribution in [3.63, 3.8) is 0 Å². The number of nitrogens with one attached hydrogen (secondary N) is 1. The summed E-state index contributed by atoms with van der Waals surface area (Å²) in [6.07, 6.45) is 6.08. The minimum Gasteiger partial charge on any atom is -0.461 e. The minimum atomic E-state index is -0.121. The van der Waals surface area contributed by atoms with Gasteiger partial charge in [-0.2, -0.15) is 0 Å². The second-order valence-electron chi connectivity index (χ2n) is 5.92. The Kier molecular flexibility index (Phi) is 5.62. The molecule has 116 valence electrons. The first-order valence-corrected chi connectivity index (χ1v) is 7.80. The Morgan fingerprint density at radius 2 is 2.33 bits per heavy atom. The number of aliphatic hydroxyl groups is 1. The Bertz CT molecular complexity index is 492. The smallest absolute Gasteiger partial charge is 0.244 e. The molecule has 0 radical (unpaired) electrons. The molecule has 2 rings (SSSR count). The van der Waals surface area contributed by atoms with E-state index in [1.165, 1.54) is 12.5 Å². The lowest BCUT2D eigenvalue weighted by molar-refractivity contribution is -0.116. The lowest BCUT2D eigenvalue weighted by atomic mass is 10.0. The van der Waals surface area contributed by atoms with Crippen molar-refractivity contribution in [2.75, 3.05) is 13.2 Å². The summed E-state index contributed by atoms with van der Waals surface area (Å²) >= 11 is 0. The molecule has 0 spiro atoms. The summed E-state index contributed by atoms with van der Waals surface area (Å²) < 4.78 is 5.71. The highest BCUT2D eigenvalue weighted by Crippen LogP contribution is 2.47. The number of amides is 1. The maximum absolute atomic E-state index is 11.7. The summed E-state index contributed by atoms with van der Waals surface area (Å²) in [6.45, 7) is 5.04. The topological polar surface area (TPSA) is 62.5 Å². The van der Waals surface area contributed by atoms with Gasteiger partial charge in [0.25, 0.3) is 0 Å². The molecule has 1 fully saturated rings. The average molecular weight is 291 g/mol. The molecule has 0 aromatic carbocycles. The van der Waals surface area contributed by atoms with Gasteiger partial charge in [0.15, 0.2) is 0 Å². The molecule has 2 N–H and O–H groups in total. The largest absolute Gasteiger partial charge is 0.461 e. The Balaban J connectivity index is 1.77. The average Bonchev–Trinajstić information content (AvgIpc) is 3.02. The summed E-state index contributed by atoms with van der Waals surface area (Å²) in [5.41, 5.74) is 0. The van der Waals surface area contributed by atoms with Crippen molar-refractivity contribution in [1.29, 1.82) is 0 Å². The molecule has 0 saturated heterocycles. The molecular formula is C17H25NO3. The molecule has 1 saturated carbocycles. The van der Waals surface area contributed by atoms with E-state index < -0.39 is 0 Å². The van der Waals surface area contributed by atoms with Gasteiger partial charge in [-0.25, -0.2) is 0 Å². The maximum atomic E-state index is 11.7. The van der Waals surface area contributed by atoms with E-state index in [-0.39, 0.29) is 12.5 Å². The quantitative estimate of drug-likeness (QED) is 0.724. The molecule has 1 amide bonds. The van der Waals surface area contributed by atoms with Crippen LogP contribution in [0, 0.1) is 11.8 Å². The molecule has 3 unspecified atom stereocenters. The van der Waals surface area contributed by atoms with Crippen molar-refractivity contribution in [2.24, 2.45) is 11.8 Å². The molecule has 21 heavy (non-hydrogen) atoms. The number of carbonyl (C=O) groups excluding carboxylic acids is 1. The fourth-order valence-corrected chi connectivity index (χ4v) is 2.47. The van der Waals surface area contributed by atoms with Crippen molar-refractivity contribution in [3.05, 3.63) is 29.7 Å². The van der Waals surface area contributed by atoms with Gasteiger partial charge in [-0.05, 0) is 42.9 Å². The van der Waals surface area contributed by atoms with Crippen molar-refractivity contribution >= 4 is 12.0 Å². The van der Waals surface area contributed by atoms with E-state index in [2.05, 4.69) is 19.2 Å². The molecule has 0 bridgehead atoms. The van der Waals surface area contributed by atoms with Gasteiger partial charge < -0.3 is 14.8 Å². The summed E-state index contributed by atoms with van der Waals surface area (Å²) in [7, 11) is 0. The Morgan fingerprint density at radius 1 is 1.57 bits per heavy atom. The van der Waals surface area contributed by atoms with Crippen LogP contribution in [0.3, 0.4) is 0 Å². The number of carbonyl (C=O) groups is 1. The van der Waals surface area contributed by atoms with Crippen molar-refractivity contribution < 1.29 is 14.3 Å². The van der Waals surface area contributed by atoms with E-state index in [4.69, 9.17) is 9.52 Å².